The lowest BCUT2D eigenvalue weighted by Gasteiger charge is -2.26. The van der Waals surface area contributed by atoms with Gasteiger partial charge in [0.05, 0.1) is 0 Å². The third-order valence-electron chi connectivity index (χ3n) is 7.18. The van der Waals surface area contributed by atoms with Crippen molar-refractivity contribution < 1.29 is 24.6 Å². The summed E-state index contributed by atoms with van der Waals surface area (Å²) in [5.41, 5.74) is 4.72. The molecule has 0 spiro atoms. The van der Waals surface area contributed by atoms with Crippen molar-refractivity contribution in [1.82, 2.24) is 9.63 Å². The van der Waals surface area contributed by atoms with E-state index in [1.54, 1.807) is 0 Å². The lowest BCUT2D eigenvalue weighted by molar-refractivity contribution is -0.139. The molecule has 0 fully saturated rings. The fraction of sp³-hybridized carbons (Fsp3) is 0.481. The molecule has 34 heavy (non-hydrogen) atoms. The first-order valence-electron chi connectivity index (χ1n) is 12.3. The number of imide groups is 1. The summed E-state index contributed by atoms with van der Waals surface area (Å²) in [6.07, 6.45) is 12.1. The molecular formula is C27H34N2O5. The molecular weight excluding hydrogens is 432 g/mol. The number of rotatable bonds is 3. The zero-order chi connectivity index (χ0) is 24.2. The molecule has 0 saturated heterocycles. The number of fused-ring (bicyclic) bond motifs is 1. The Kier molecular flexibility index (Phi) is 7.29. The lowest BCUT2D eigenvalue weighted by Crippen LogP contribution is -2.40. The van der Waals surface area contributed by atoms with Crippen LogP contribution in [-0.2, 0) is 22.4 Å². The van der Waals surface area contributed by atoms with Gasteiger partial charge in [0.15, 0.2) is 5.75 Å². The summed E-state index contributed by atoms with van der Waals surface area (Å²) < 4.78 is 1.05. The number of hydrogen-bond donors (Lipinski definition) is 2. The van der Waals surface area contributed by atoms with E-state index in [4.69, 9.17) is 4.84 Å². The van der Waals surface area contributed by atoms with E-state index in [2.05, 4.69) is 6.92 Å². The van der Waals surface area contributed by atoms with Gasteiger partial charge < -0.3 is 15.1 Å². The predicted molar refractivity (Wildman–Crippen MR) is 129 cm³/mol. The Balaban J connectivity index is 1.58. The van der Waals surface area contributed by atoms with E-state index in [0.29, 0.717) is 5.75 Å². The Morgan fingerprint density at radius 3 is 2.06 bits per heavy atom. The van der Waals surface area contributed by atoms with Crippen LogP contribution in [0.1, 0.15) is 73.6 Å². The van der Waals surface area contributed by atoms with Crippen LogP contribution in [0.15, 0.2) is 30.4 Å². The second-order valence-electron chi connectivity index (χ2n) is 9.44. The fourth-order valence-electron chi connectivity index (χ4n) is 5.18. The predicted octanol–water partition coefficient (Wildman–Crippen LogP) is 4.87. The summed E-state index contributed by atoms with van der Waals surface area (Å²) in [5.74, 6) is -0.0165. The SMILES string of the molecule is Cc1cc(On2c(O)ccc2O)c2c(c1C)CCCCC(N1C(=O)C=CC1=O)CCCCCC2. The number of aryl methyl sites for hydroxylation is 1. The van der Waals surface area contributed by atoms with Crippen LogP contribution in [0.2, 0.25) is 0 Å². The van der Waals surface area contributed by atoms with Crippen LogP contribution in [-0.4, -0.2) is 37.7 Å². The lowest BCUT2D eigenvalue weighted by atomic mass is 9.90. The molecule has 2 amide bonds. The van der Waals surface area contributed by atoms with Crippen LogP contribution < -0.4 is 4.84 Å². The second kappa shape index (κ2) is 10.4. The van der Waals surface area contributed by atoms with Gasteiger partial charge in [-0.1, -0.05) is 25.7 Å². The number of carbonyl (C=O) groups is 2. The maximum atomic E-state index is 12.2. The van der Waals surface area contributed by atoms with Crippen LogP contribution in [0, 0.1) is 13.8 Å². The minimum atomic E-state index is -0.186. The molecule has 2 N–H and O–H groups in total. The highest BCUT2D eigenvalue weighted by atomic mass is 16.7. The molecule has 1 aromatic carbocycles. The van der Waals surface area contributed by atoms with E-state index in [9.17, 15) is 19.8 Å². The van der Waals surface area contributed by atoms with E-state index in [1.165, 1.54) is 40.3 Å². The minimum Gasteiger partial charge on any atom is -0.492 e. The Morgan fingerprint density at radius 2 is 1.38 bits per heavy atom. The van der Waals surface area contributed by atoms with Crippen molar-refractivity contribution in [2.24, 2.45) is 0 Å². The highest BCUT2D eigenvalue weighted by molar-refractivity contribution is 6.13. The molecule has 2 aromatic rings. The second-order valence-corrected chi connectivity index (χ2v) is 9.44. The molecule has 1 aromatic heterocycles. The first-order valence-corrected chi connectivity index (χ1v) is 12.3. The van der Waals surface area contributed by atoms with Crippen LogP contribution in [0.4, 0.5) is 0 Å². The van der Waals surface area contributed by atoms with Gasteiger partial charge in [-0.25, -0.2) is 0 Å². The third kappa shape index (κ3) is 4.98. The van der Waals surface area contributed by atoms with Crippen molar-refractivity contribution in [3.63, 3.8) is 0 Å². The quantitative estimate of drug-likeness (QED) is 0.630. The first kappa shape index (κ1) is 23.9. The number of hydrogen-bond acceptors (Lipinski definition) is 5. The van der Waals surface area contributed by atoms with Crippen LogP contribution in [0.25, 0.3) is 0 Å². The highest BCUT2D eigenvalue weighted by Crippen LogP contribution is 2.34. The van der Waals surface area contributed by atoms with Gasteiger partial charge in [-0.05, 0) is 75.1 Å². The molecule has 1 aliphatic carbocycles. The van der Waals surface area contributed by atoms with Crippen LogP contribution >= 0.6 is 0 Å². The summed E-state index contributed by atoms with van der Waals surface area (Å²) in [4.78, 5) is 31.9. The summed E-state index contributed by atoms with van der Waals surface area (Å²) >= 11 is 0. The topological polar surface area (TPSA) is 92.0 Å². The van der Waals surface area contributed by atoms with Gasteiger partial charge in [-0.15, -0.1) is 4.73 Å². The van der Waals surface area contributed by atoms with Gasteiger partial charge in [0.25, 0.3) is 11.8 Å². The molecule has 7 heteroatoms. The van der Waals surface area contributed by atoms with E-state index >= 15 is 0 Å². The summed E-state index contributed by atoms with van der Waals surface area (Å²) in [6, 6.07) is 4.74. The number of carbonyl (C=O) groups excluding carboxylic acids is 2. The summed E-state index contributed by atoms with van der Waals surface area (Å²) in [6.45, 7) is 4.18. The van der Waals surface area contributed by atoms with Crippen molar-refractivity contribution in [3.8, 4) is 17.5 Å². The first-order chi connectivity index (χ1) is 16.4. The van der Waals surface area contributed by atoms with Gasteiger partial charge >= 0.3 is 0 Å². The Morgan fingerprint density at radius 1 is 0.824 bits per heavy atom. The molecule has 1 unspecified atom stereocenters. The van der Waals surface area contributed by atoms with E-state index < -0.39 is 0 Å². The fourth-order valence-corrected chi connectivity index (χ4v) is 5.18. The third-order valence-corrected chi connectivity index (χ3v) is 7.18. The minimum absolute atomic E-state index is 0.0348. The summed E-state index contributed by atoms with van der Waals surface area (Å²) in [5, 5.41) is 20.2. The largest absolute Gasteiger partial charge is 0.492 e. The normalized spacial score (nSPS) is 19.9. The Bertz CT molecular complexity index is 1060. The van der Waals surface area contributed by atoms with Gasteiger partial charge in [0.1, 0.15) is 0 Å². The number of aromatic nitrogens is 1. The van der Waals surface area contributed by atoms with Crippen molar-refractivity contribution in [1.29, 1.82) is 0 Å². The van der Waals surface area contributed by atoms with Gasteiger partial charge in [0, 0.05) is 35.9 Å². The summed E-state index contributed by atoms with van der Waals surface area (Å²) in [7, 11) is 0. The zero-order valence-corrected chi connectivity index (χ0v) is 20.0. The van der Waals surface area contributed by atoms with Crippen molar-refractivity contribution in [2.75, 3.05) is 0 Å². The highest BCUT2D eigenvalue weighted by Gasteiger charge is 2.30. The molecule has 4 rings (SSSR count). The number of benzene rings is 1. The average molecular weight is 467 g/mol. The Labute approximate surface area is 200 Å². The standard InChI is InChI=1S/C27H34N2O5/c1-18-17-23(34-29-26(32)15-16-27(29)33)22-12-6-4-3-5-9-20(28-24(30)13-14-25(28)31)10-7-8-11-21(22)19(18)2/h13-17,20,32-33H,3-12H2,1-2H3. The van der Waals surface area contributed by atoms with Gasteiger partial charge in [0.2, 0.25) is 11.8 Å². The molecule has 2 heterocycles. The zero-order valence-electron chi connectivity index (χ0n) is 20.0. The van der Waals surface area contributed by atoms with Gasteiger partial charge in [-0.2, -0.15) is 0 Å². The maximum Gasteiger partial charge on any atom is 0.253 e. The molecule has 7 nitrogen and oxygen atoms in total. The Hall–Kier alpha value is -3.22. The van der Waals surface area contributed by atoms with Crippen LogP contribution in [0.5, 0.6) is 17.5 Å². The van der Waals surface area contributed by atoms with E-state index in [0.717, 1.165) is 80.1 Å². The van der Waals surface area contributed by atoms with Crippen molar-refractivity contribution >= 4 is 11.8 Å². The molecule has 182 valence electrons. The molecule has 0 radical (unpaired) electrons. The molecule has 1 atom stereocenters. The number of aromatic hydroxyl groups is 2. The maximum absolute atomic E-state index is 12.2. The number of nitrogens with zero attached hydrogens (tertiary/aromatic N) is 2. The molecule has 0 bridgehead atoms. The van der Waals surface area contributed by atoms with Crippen LogP contribution in [0.3, 0.4) is 0 Å². The smallest absolute Gasteiger partial charge is 0.253 e. The monoisotopic (exact) mass is 466 g/mol. The molecule has 2 aliphatic rings. The van der Waals surface area contributed by atoms with E-state index in [1.807, 2.05) is 13.0 Å². The van der Waals surface area contributed by atoms with Gasteiger partial charge in [-0.3, -0.25) is 14.5 Å². The molecule has 1 aliphatic heterocycles. The average Bonchev–Trinajstić information content (AvgIpc) is 3.31. The van der Waals surface area contributed by atoms with Crippen molar-refractivity contribution in [2.45, 2.75) is 84.1 Å². The van der Waals surface area contributed by atoms with E-state index in [-0.39, 0.29) is 29.6 Å². The molecule has 0 saturated carbocycles. The number of amides is 2. The van der Waals surface area contributed by atoms with Crippen molar-refractivity contribution in [3.05, 3.63) is 52.6 Å².